The van der Waals surface area contributed by atoms with Crippen LogP contribution in [0.2, 0.25) is 0 Å². The molecule has 0 aromatic heterocycles. The van der Waals surface area contributed by atoms with Gasteiger partial charge in [0.2, 0.25) is 0 Å². The van der Waals surface area contributed by atoms with Crippen LogP contribution in [0.5, 0.6) is 0 Å². The van der Waals surface area contributed by atoms with Gasteiger partial charge in [-0.1, -0.05) is 22.9 Å². The number of nitrogens with zero attached hydrogens (tertiary/aromatic N) is 1. The Labute approximate surface area is 111 Å². The minimum absolute atomic E-state index is 0.503. The molecular formula is C14H18BrNO. The molecule has 0 saturated carbocycles. The lowest BCUT2D eigenvalue weighted by Crippen LogP contribution is -2.42. The van der Waals surface area contributed by atoms with E-state index in [0.29, 0.717) is 12.0 Å². The van der Waals surface area contributed by atoms with Gasteiger partial charge >= 0.3 is 0 Å². The molecule has 17 heavy (non-hydrogen) atoms. The highest BCUT2D eigenvalue weighted by atomic mass is 79.9. The van der Waals surface area contributed by atoms with Gasteiger partial charge in [-0.05, 0) is 43.9 Å². The number of hydrogen-bond acceptors (Lipinski definition) is 2. The van der Waals surface area contributed by atoms with E-state index in [2.05, 4.69) is 34.7 Å². The third kappa shape index (κ3) is 2.54. The number of rotatable bonds is 2. The summed E-state index contributed by atoms with van der Waals surface area (Å²) >= 11 is 3.41. The van der Waals surface area contributed by atoms with Crippen molar-refractivity contribution in [2.24, 2.45) is 5.92 Å². The van der Waals surface area contributed by atoms with Crippen LogP contribution < -0.4 is 4.90 Å². The summed E-state index contributed by atoms with van der Waals surface area (Å²) in [5.74, 6) is 0.687. The second kappa shape index (κ2) is 5.21. The van der Waals surface area contributed by atoms with Gasteiger partial charge < -0.3 is 4.90 Å². The zero-order valence-electron chi connectivity index (χ0n) is 10.3. The third-order valence-corrected chi connectivity index (χ3v) is 4.29. The molecule has 0 radical (unpaired) electrons. The van der Waals surface area contributed by atoms with Crippen molar-refractivity contribution in [2.75, 3.05) is 11.4 Å². The minimum Gasteiger partial charge on any atom is -0.368 e. The molecule has 92 valence electrons. The largest absolute Gasteiger partial charge is 0.368 e. The molecule has 2 unspecified atom stereocenters. The lowest BCUT2D eigenvalue weighted by atomic mass is 9.91. The van der Waals surface area contributed by atoms with Crippen molar-refractivity contribution >= 4 is 27.9 Å². The molecule has 2 nitrogen and oxygen atoms in total. The number of aldehydes is 1. The summed E-state index contributed by atoms with van der Waals surface area (Å²) in [5, 5.41) is 0. The molecule has 0 spiro atoms. The van der Waals surface area contributed by atoms with E-state index in [9.17, 15) is 4.79 Å². The maximum Gasteiger partial charge on any atom is 0.152 e. The van der Waals surface area contributed by atoms with Gasteiger partial charge in [-0.25, -0.2) is 0 Å². The van der Waals surface area contributed by atoms with Crippen LogP contribution in [0.3, 0.4) is 0 Å². The summed E-state index contributed by atoms with van der Waals surface area (Å²) in [6.45, 7) is 5.59. The Morgan fingerprint density at radius 3 is 2.88 bits per heavy atom. The van der Waals surface area contributed by atoms with Crippen LogP contribution in [0.25, 0.3) is 0 Å². The van der Waals surface area contributed by atoms with E-state index >= 15 is 0 Å². The lowest BCUT2D eigenvalue weighted by Gasteiger charge is -2.40. The number of carbonyl (C=O) groups excluding carboxylic acids is 1. The molecule has 1 saturated heterocycles. The van der Waals surface area contributed by atoms with Crippen LogP contribution in [0, 0.1) is 5.92 Å². The maximum atomic E-state index is 11.2. The summed E-state index contributed by atoms with van der Waals surface area (Å²) in [6.07, 6.45) is 3.44. The van der Waals surface area contributed by atoms with E-state index in [1.807, 2.05) is 18.2 Å². The van der Waals surface area contributed by atoms with Crippen LogP contribution >= 0.6 is 15.9 Å². The zero-order chi connectivity index (χ0) is 12.4. The molecule has 1 fully saturated rings. The standard InChI is InChI=1S/C14H18BrNO/c1-10-4-3-7-16(11(10)2)14-6-5-13(15)8-12(14)9-17/h5-6,8-11H,3-4,7H2,1-2H3. The van der Waals surface area contributed by atoms with E-state index in [0.717, 1.165) is 28.6 Å². The molecule has 1 aromatic rings. The first-order valence-electron chi connectivity index (χ1n) is 6.15. The summed E-state index contributed by atoms with van der Waals surface area (Å²) < 4.78 is 0.959. The molecule has 1 aliphatic rings. The molecule has 3 heteroatoms. The molecule has 2 atom stereocenters. The minimum atomic E-state index is 0.503. The van der Waals surface area contributed by atoms with Gasteiger partial charge in [0.1, 0.15) is 0 Å². The SMILES string of the molecule is CC1CCCN(c2ccc(Br)cc2C=O)C1C. The average molecular weight is 296 g/mol. The first-order valence-corrected chi connectivity index (χ1v) is 6.94. The lowest BCUT2D eigenvalue weighted by molar-refractivity contribution is 0.112. The number of carbonyl (C=O) groups is 1. The summed E-state index contributed by atoms with van der Waals surface area (Å²) in [5.41, 5.74) is 1.85. The second-order valence-electron chi connectivity index (χ2n) is 4.87. The number of piperidine rings is 1. The zero-order valence-corrected chi connectivity index (χ0v) is 11.9. The first-order chi connectivity index (χ1) is 8.13. The average Bonchev–Trinajstić information content (AvgIpc) is 2.33. The number of benzene rings is 1. The third-order valence-electron chi connectivity index (χ3n) is 3.80. The van der Waals surface area contributed by atoms with Gasteiger partial charge in [-0.15, -0.1) is 0 Å². The summed E-state index contributed by atoms with van der Waals surface area (Å²) in [7, 11) is 0. The van der Waals surface area contributed by atoms with E-state index in [1.165, 1.54) is 12.8 Å². The van der Waals surface area contributed by atoms with Crippen molar-refractivity contribution in [1.29, 1.82) is 0 Å². The smallest absolute Gasteiger partial charge is 0.152 e. The van der Waals surface area contributed by atoms with Gasteiger partial charge in [0.25, 0.3) is 0 Å². The Hall–Kier alpha value is -0.830. The maximum absolute atomic E-state index is 11.2. The Balaban J connectivity index is 2.35. The van der Waals surface area contributed by atoms with Crippen LogP contribution in [0.4, 0.5) is 5.69 Å². The normalized spacial score (nSPS) is 24.8. The molecule has 1 aromatic carbocycles. The van der Waals surface area contributed by atoms with Gasteiger partial charge in [0, 0.05) is 28.3 Å². The van der Waals surface area contributed by atoms with Crippen LogP contribution in [0.15, 0.2) is 22.7 Å². The highest BCUT2D eigenvalue weighted by Crippen LogP contribution is 2.31. The molecule has 0 aliphatic carbocycles. The highest BCUT2D eigenvalue weighted by Gasteiger charge is 2.26. The van der Waals surface area contributed by atoms with E-state index < -0.39 is 0 Å². The molecule has 2 rings (SSSR count). The van der Waals surface area contributed by atoms with E-state index in [-0.39, 0.29) is 0 Å². The quantitative estimate of drug-likeness (QED) is 0.772. The van der Waals surface area contributed by atoms with Crippen molar-refractivity contribution in [3.63, 3.8) is 0 Å². The van der Waals surface area contributed by atoms with Crippen molar-refractivity contribution in [3.05, 3.63) is 28.2 Å². The van der Waals surface area contributed by atoms with Crippen molar-refractivity contribution in [3.8, 4) is 0 Å². The van der Waals surface area contributed by atoms with Crippen LogP contribution in [0.1, 0.15) is 37.0 Å². The topological polar surface area (TPSA) is 20.3 Å². The Bertz CT molecular complexity index is 419. The number of anilines is 1. The van der Waals surface area contributed by atoms with Gasteiger partial charge in [-0.2, -0.15) is 0 Å². The van der Waals surface area contributed by atoms with Gasteiger partial charge in [0.05, 0.1) is 0 Å². The molecule has 0 amide bonds. The molecule has 0 bridgehead atoms. The van der Waals surface area contributed by atoms with E-state index in [1.54, 1.807) is 0 Å². The fourth-order valence-electron chi connectivity index (χ4n) is 2.56. The monoisotopic (exact) mass is 295 g/mol. The molecule has 1 heterocycles. The molecule has 0 N–H and O–H groups in total. The van der Waals surface area contributed by atoms with Crippen molar-refractivity contribution in [2.45, 2.75) is 32.7 Å². The number of hydrogen-bond donors (Lipinski definition) is 0. The van der Waals surface area contributed by atoms with Crippen LogP contribution in [-0.4, -0.2) is 18.9 Å². The number of halogens is 1. The Morgan fingerprint density at radius 1 is 1.41 bits per heavy atom. The van der Waals surface area contributed by atoms with E-state index in [4.69, 9.17) is 0 Å². The Morgan fingerprint density at radius 2 is 2.18 bits per heavy atom. The summed E-state index contributed by atoms with van der Waals surface area (Å²) in [6, 6.07) is 6.45. The first kappa shape index (κ1) is 12.6. The van der Waals surface area contributed by atoms with Crippen molar-refractivity contribution < 1.29 is 4.79 Å². The fraction of sp³-hybridized carbons (Fsp3) is 0.500. The van der Waals surface area contributed by atoms with Gasteiger partial charge in [-0.3, -0.25) is 4.79 Å². The Kier molecular flexibility index (Phi) is 3.87. The highest BCUT2D eigenvalue weighted by molar-refractivity contribution is 9.10. The predicted molar refractivity (Wildman–Crippen MR) is 74.7 cm³/mol. The predicted octanol–water partition coefficient (Wildman–Crippen LogP) is 3.89. The van der Waals surface area contributed by atoms with Gasteiger partial charge in [0.15, 0.2) is 6.29 Å². The van der Waals surface area contributed by atoms with Crippen LogP contribution in [-0.2, 0) is 0 Å². The fourth-order valence-corrected chi connectivity index (χ4v) is 2.94. The second-order valence-corrected chi connectivity index (χ2v) is 5.79. The summed E-state index contributed by atoms with van der Waals surface area (Å²) in [4.78, 5) is 13.5. The molecule has 1 aliphatic heterocycles. The molecular weight excluding hydrogens is 278 g/mol. The van der Waals surface area contributed by atoms with Crippen molar-refractivity contribution in [1.82, 2.24) is 0 Å².